The predicted molar refractivity (Wildman–Crippen MR) is 99.2 cm³/mol. The average molecular weight is 358 g/mol. The first-order valence-corrected chi connectivity index (χ1v) is 9.33. The number of ketones is 1. The van der Waals surface area contributed by atoms with Crippen LogP contribution in [0.5, 0.6) is 5.75 Å². The number of carbonyl (C=O) groups is 2. The van der Waals surface area contributed by atoms with Crippen LogP contribution in [0.1, 0.15) is 35.7 Å². The van der Waals surface area contributed by atoms with Crippen LogP contribution in [-0.4, -0.2) is 24.6 Å². The molecule has 0 atom stereocenters. The molecular formula is C20H22O4S. The molecule has 0 aromatic heterocycles. The zero-order valence-electron chi connectivity index (χ0n) is 14.5. The van der Waals surface area contributed by atoms with E-state index in [0.717, 1.165) is 5.56 Å². The number of thioether (sulfide) groups is 1. The molecule has 0 aliphatic heterocycles. The number of ether oxygens (including phenoxy) is 2. The van der Waals surface area contributed by atoms with Crippen molar-refractivity contribution in [1.82, 2.24) is 0 Å². The Morgan fingerprint density at radius 3 is 2.28 bits per heavy atom. The lowest BCUT2D eigenvalue weighted by Crippen LogP contribution is -2.07. The third-order valence-corrected chi connectivity index (χ3v) is 4.36. The van der Waals surface area contributed by atoms with Crippen molar-refractivity contribution in [2.75, 3.05) is 12.9 Å². The summed E-state index contributed by atoms with van der Waals surface area (Å²) in [6, 6.07) is 14.9. The molecule has 132 valence electrons. The molecule has 0 bridgehead atoms. The number of rotatable bonds is 9. The normalized spacial score (nSPS) is 10.3. The molecule has 0 aliphatic rings. The highest BCUT2D eigenvalue weighted by Crippen LogP contribution is 2.16. The molecule has 0 unspecified atom stereocenters. The van der Waals surface area contributed by atoms with E-state index in [2.05, 4.69) is 0 Å². The quantitative estimate of drug-likeness (QED) is 0.286. The number of hydrogen-bond acceptors (Lipinski definition) is 5. The van der Waals surface area contributed by atoms with Crippen molar-refractivity contribution in [3.63, 3.8) is 0 Å². The van der Waals surface area contributed by atoms with Gasteiger partial charge in [-0.15, -0.1) is 11.8 Å². The van der Waals surface area contributed by atoms with Crippen LogP contribution < -0.4 is 4.74 Å². The van der Waals surface area contributed by atoms with Crippen molar-refractivity contribution < 1.29 is 19.1 Å². The van der Waals surface area contributed by atoms with Gasteiger partial charge in [0.05, 0.1) is 6.61 Å². The van der Waals surface area contributed by atoms with E-state index < -0.39 is 0 Å². The van der Waals surface area contributed by atoms with Gasteiger partial charge < -0.3 is 9.47 Å². The second kappa shape index (κ2) is 9.89. The van der Waals surface area contributed by atoms with Crippen molar-refractivity contribution in [3.05, 3.63) is 59.7 Å². The zero-order chi connectivity index (χ0) is 18.1. The van der Waals surface area contributed by atoms with Crippen LogP contribution >= 0.6 is 11.8 Å². The molecule has 0 spiro atoms. The molecule has 0 aliphatic carbocycles. The molecule has 0 amide bonds. The van der Waals surface area contributed by atoms with Gasteiger partial charge in [0.15, 0.2) is 5.78 Å². The summed E-state index contributed by atoms with van der Waals surface area (Å²) >= 11 is 1.68. The third kappa shape index (κ3) is 6.63. The van der Waals surface area contributed by atoms with E-state index in [9.17, 15) is 9.59 Å². The topological polar surface area (TPSA) is 52.6 Å². The Bertz CT molecular complexity index is 693. The summed E-state index contributed by atoms with van der Waals surface area (Å²) in [7, 11) is 0. The molecule has 0 radical (unpaired) electrons. The monoisotopic (exact) mass is 358 g/mol. The minimum absolute atomic E-state index is 0.0254. The summed E-state index contributed by atoms with van der Waals surface area (Å²) in [5, 5.41) is 0. The Hall–Kier alpha value is -2.27. The highest BCUT2D eigenvalue weighted by Gasteiger charge is 2.05. The van der Waals surface area contributed by atoms with Gasteiger partial charge in [0.2, 0.25) is 0 Å². The smallest absolute Gasteiger partial charge is 0.306 e. The summed E-state index contributed by atoms with van der Waals surface area (Å²) in [5.41, 5.74) is 1.63. The number of hydrogen-bond donors (Lipinski definition) is 0. The second-order valence-corrected chi connectivity index (χ2v) is 6.42. The largest absolute Gasteiger partial charge is 0.494 e. The predicted octanol–water partition coefficient (Wildman–Crippen LogP) is 4.51. The summed E-state index contributed by atoms with van der Waals surface area (Å²) in [6.07, 6.45) is 2.92. The maximum absolute atomic E-state index is 11.8. The fraction of sp³-hybridized carbons (Fsp3) is 0.300. The molecule has 2 aromatic carbocycles. The second-order valence-electron chi connectivity index (χ2n) is 5.54. The van der Waals surface area contributed by atoms with Crippen LogP contribution in [0.2, 0.25) is 0 Å². The van der Waals surface area contributed by atoms with Gasteiger partial charge in [0, 0.05) is 16.9 Å². The van der Waals surface area contributed by atoms with Crippen LogP contribution in [0, 0.1) is 0 Å². The van der Waals surface area contributed by atoms with E-state index in [-0.39, 0.29) is 11.8 Å². The van der Waals surface area contributed by atoms with Gasteiger partial charge in [-0.05, 0) is 61.6 Å². The van der Waals surface area contributed by atoms with E-state index in [1.807, 2.05) is 30.5 Å². The molecule has 0 saturated carbocycles. The Morgan fingerprint density at radius 1 is 1.00 bits per heavy atom. The van der Waals surface area contributed by atoms with Crippen molar-refractivity contribution in [3.8, 4) is 5.75 Å². The van der Waals surface area contributed by atoms with Crippen molar-refractivity contribution >= 4 is 23.5 Å². The Balaban J connectivity index is 1.63. The molecule has 2 aromatic rings. The van der Waals surface area contributed by atoms with Crippen LogP contribution in [0.4, 0.5) is 0 Å². The SMILES string of the molecule is CSc1ccc(COC(=O)CCCOc2ccc(C(C)=O)cc2)cc1. The fourth-order valence-electron chi connectivity index (χ4n) is 2.15. The van der Waals surface area contributed by atoms with E-state index in [0.29, 0.717) is 37.4 Å². The zero-order valence-corrected chi connectivity index (χ0v) is 15.3. The van der Waals surface area contributed by atoms with Crippen LogP contribution in [-0.2, 0) is 16.1 Å². The van der Waals surface area contributed by atoms with Crippen LogP contribution in [0.3, 0.4) is 0 Å². The maximum atomic E-state index is 11.8. The van der Waals surface area contributed by atoms with Crippen molar-refractivity contribution in [2.24, 2.45) is 0 Å². The first-order valence-electron chi connectivity index (χ1n) is 8.11. The van der Waals surface area contributed by atoms with Crippen molar-refractivity contribution in [1.29, 1.82) is 0 Å². The maximum Gasteiger partial charge on any atom is 0.306 e. The average Bonchev–Trinajstić information content (AvgIpc) is 2.64. The third-order valence-electron chi connectivity index (χ3n) is 3.61. The van der Waals surface area contributed by atoms with E-state index in [4.69, 9.17) is 9.47 Å². The lowest BCUT2D eigenvalue weighted by molar-refractivity contribution is -0.145. The summed E-state index contributed by atoms with van der Waals surface area (Å²) in [5.74, 6) is 0.481. The molecular weight excluding hydrogens is 336 g/mol. The molecule has 0 N–H and O–H groups in total. The standard InChI is InChI=1S/C20H22O4S/c1-15(21)17-7-9-18(10-8-17)23-13-3-4-20(22)24-14-16-5-11-19(25-2)12-6-16/h5-12H,3-4,13-14H2,1-2H3. The van der Waals surface area contributed by atoms with E-state index >= 15 is 0 Å². The molecule has 4 nitrogen and oxygen atoms in total. The van der Waals surface area contributed by atoms with E-state index in [1.165, 1.54) is 11.8 Å². The first kappa shape index (κ1) is 19.1. The summed E-state index contributed by atoms with van der Waals surface area (Å²) in [4.78, 5) is 24.1. The molecule has 25 heavy (non-hydrogen) atoms. The lowest BCUT2D eigenvalue weighted by Gasteiger charge is -2.07. The van der Waals surface area contributed by atoms with Crippen LogP contribution in [0.15, 0.2) is 53.4 Å². The number of benzene rings is 2. The minimum atomic E-state index is -0.232. The van der Waals surface area contributed by atoms with Gasteiger partial charge >= 0.3 is 5.97 Å². The molecule has 5 heteroatoms. The molecule has 0 saturated heterocycles. The van der Waals surface area contributed by atoms with Gasteiger partial charge in [-0.3, -0.25) is 9.59 Å². The van der Waals surface area contributed by atoms with E-state index in [1.54, 1.807) is 36.0 Å². The first-order chi connectivity index (χ1) is 12.1. The Labute approximate surface area is 152 Å². The Kier molecular flexibility index (Phi) is 7.54. The molecule has 0 heterocycles. The highest BCUT2D eigenvalue weighted by molar-refractivity contribution is 7.98. The fourth-order valence-corrected chi connectivity index (χ4v) is 2.56. The van der Waals surface area contributed by atoms with Gasteiger partial charge in [0.25, 0.3) is 0 Å². The Morgan fingerprint density at radius 2 is 1.68 bits per heavy atom. The minimum Gasteiger partial charge on any atom is -0.494 e. The number of esters is 1. The number of Topliss-reactive ketones (excluding diaryl/α,β-unsaturated/α-hetero) is 1. The van der Waals surface area contributed by atoms with Gasteiger partial charge in [-0.2, -0.15) is 0 Å². The summed E-state index contributed by atoms with van der Waals surface area (Å²) in [6.45, 7) is 2.25. The lowest BCUT2D eigenvalue weighted by atomic mass is 10.1. The number of carbonyl (C=O) groups excluding carboxylic acids is 2. The van der Waals surface area contributed by atoms with Gasteiger partial charge in [-0.25, -0.2) is 0 Å². The van der Waals surface area contributed by atoms with Gasteiger partial charge in [0.1, 0.15) is 12.4 Å². The van der Waals surface area contributed by atoms with Crippen LogP contribution in [0.25, 0.3) is 0 Å². The summed E-state index contributed by atoms with van der Waals surface area (Å²) < 4.78 is 10.8. The molecule has 2 rings (SSSR count). The van der Waals surface area contributed by atoms with Crippen molar-refractivity contribution in [2.45, 2.75) is 31.3 Å². The van der Waals surface area contributed by atoms with Gasteiger partial charge in [-0.1, -0.05) is 12.1 Å². The highest BCUT2D eigenvalue weighted by atomic mass is 32.2. The molecule has 0 fully saturated rings.